The third-order valence-corrected chi connectivity index (χ3v) is 4.60. The summed E-state index contributed by atoms with van der Waals surface area (Å²) in [6, 6.07) is 3.86. The van der Waals surface area contributed by atoms with Gasteiger partial charge in [0.15, 0.2) is 5.82 Å². The van der Waals surface area contributed by atoms with Crippen LogP contribution in [0, 0.1) is 0 Å². The van der Waals surface area contributed by atoms with Gasteiger partial charge in [-0.2, -0.15) is 9.61 Å². The lowest BCUT2D eigenvalue weighted by Gasteiger charge is -2.04. The highest BCUT2D eigenvalue weighted by Gasteiger charge is 2.19. The maximum Gasteiger partial charge on any atom is 0.234 e. The summed E-state index contributed by atoms with van der Waals surface area (Å²) in [5.41, 5.74) is 6.21. The molecule has 7 heteroatoms. The molecule has 0 aliphatic heterocycles. The Labute approximate surface area is 112 Å². The van der Waals surface area contributed by atoms with Crippen molar-refractivity contribution in [1.29, 1.82) is 0 Å². The van der Waals surface area contributed by atoms with Gasteiger partial charge in [-0.05, 0) is 11.4 Å². The summed E-state index contributed by atoms with van der Waals surface area (Å²) < 4.78 is 1.80. The van der Waals surface area contributed by atoms with Crippen molar-refractivity contribution in [1.82, 2.24) is 19.8 Å². The van der Waals surface area contributed by atoms with Gasteiger partial charge in [-0.15, -0.1) is 21.5 Å². The number of aromatic nitrogens is 4. The van der Waals surface area contributed by atoms with Crippen LogP contribution >= 0.6 is 22.7 Å². The quantitative estimate of drug-likeness (QED) is 0.799. The Morgan fingerprint density at radius 2 is 2.17 bits per heavy atom. The van der Waals surface area contributed by atoms with Crippen LogP contribution in [-0.4, -0.2) is 19.8 Å². The fourth-order valence-electron chi connectivity index (χ4n) is 1.72. The van der Waals surface area contributed by atoms with Crippen molar-refractivity contribution < 1.29 is 0 Å². The van der Waals surface area contributed by atoms with Crippen LogP contribution in [0.3, 0.4) is 0 Å². The van der Waals surface area contributed by atoms with Crippen molar-refractivity contribution >= 4 is 27.6 Å². The molecule has 3 rings (SSSR count). The lowest BCUT2D eigenvalue weighted by atomic mass is 10.2. The minimum Gasteiger partial charge on any atom is -0.318 e. The minimum absolute atomic E-state index is 0.170. The highest BCUT2D eigenvalue weighted by atomic mass is 32.1. The van der Waals surface area contributed by atoms with Crippen LogP contribution in [0.15, 0.2) is 17.5 Å². The molecule has 3 aromatic heterocycles. The fourth-order valence-corrected chi connectivity index (χ4v) is 3.39. The van der Waals surface area contributed by atoms with Gasteiger partial charge in [-0.1, -0.05) is 31.3 Å². The largest absolute Gasteiger partial charge is 0.318 e. The molecule has 0 aromatic carbocycles. The van der Waals surface area contributed by atoms with Crippen molar-refractivity contribution in [3.63, 3.8) is 0 Å². The molecule has 1 unspecified atom stereocenters. The van der Waals surface area contributed by atoms with Crippen molar-refractivity contribution in [2.24, 2.45) is 5.73 Å². The molecule has 0 amide bonds. The van der Waals surface area contributed by atoms with Gasteiger partial charge in [0.25, 0.3) is 0 Å². The van der Waals surface area contributed by atoms with Gasteiger partial charge in [0.1, 0.15) is 5.01 Å². The monoisotopic (exact) mass is 279 g/mol. The molecule has 0 fully saturated rings. The van der Waals surface area contributed by atoms with Crippen molar-refractivity contribution in [3.8, 4) is 0 Å². The predicted molar refractivity (Wildman–Crippen MR) is 73.1 cm³/mol. The minimum atomic E-state index is -0.170. The molecule has 0 radical (unpaired) electrons. The zero-order chi connectivity index (χ0) is 12.7. The Bertz CT molecular complexity index is 652. The zero-order valence-electron chi connectivity index (χ0n) is 10.1. The molecule has 0 spiro atoms. The van der Waals surface area contributed by atoms with Crippen molar-refractivity contribution in [3.05, 3.63) is 33.2 Å². The van der Waals surface area contributed by atoms with Gasteiger partial charge in [0, 0.05) is 10.8 Å². The van der Waals surface area contributed by atoms with E-state index in [4.69, 9.17) is 5.73 Å². The molecule has 0 saturated heterocycles. The molecular weight excluding hydrogens is 266 g/mol. The van der Waals surface area contributed by atoms with E-state index in [1.165, 1.54) is 11.3 Å². The van der Waals surface area contributed by atoms with Gasteiger partial charge in [-0.25, -0.2) is 0 Å². The summed E-state index contributed by atoms with van der Waals surface area (Å²) in [6.07, 6.45) is 0. The number of thiophene rings is 1. The summed E-state index contributed by atoms with van der Waals surface area (Å²) in [7, 11) is 0. The van der Waals surface area contributed by atoms with E-state index in [1.54, 1.807) is 15.9 Å². The Morgan fingerprint density at radius 1 is 1.33 bits per heavy atom. The summed E-state index contributed by atoms with van der Waals surface area (Å²) in [5, 5.41) is 15.7. The summed E-state index contributed by atoms with van der Waals surface area (Å²) in [5.74, 6) is 1.18. The number of hydrogen-bond donors (Lipinski definition) is 1. The van der Waals surface area contributed by atoms with E-state index < -0.39 is 0 Å². The lowest BCUT2D eigenvalue weighted by molar-refractivity contribution is 0.709. The molecular formula is C11H13N5S2. The Morgan fingerprint density at radius 3 is 2.83 bits per heavy atom. The van der Waals surface area contributed by atoms with Crippen LogP contribution in [0.25, 0.3) is 4.96 Å². The van der Waals surface area contributed by atoms with E-state index >= 15 is 0 Å². The Balaban J connectivity index is 2.03. The molecule has 2 N–H and O–H groups in total. The average Bonchev–Trinajstić information content (AvgIpc) is 3.03. The second-order valence-electron chi connectivity index (χ2n) is 4.34. The highest BCUT2D eigenvalue weighted by Crippen LogP contribution is 2.28. The summed E-state index contributed by atoms with van der Waals surface area (Å²) in [6.45, 7) is 4.16. The Kier molecular flexibility index (Phi) is 2.89. The van der Waals surface area contributed by atoms with E-state index in [2.05, 4.69) is 29.1 Å². The highest BCUT2D eigenvalue weighted by molar-refractivity contribution is 7.17. The SMILES string of the molecule is CC(C)c1nnc2sc(C(N)c3cccs3)nn12. The first-order valence-electron chi connectivity index (χ1n) is 5.68. The molecule has 3 heterocycles. The van der Waals surface area contributed by atoms with Gasteiger partial charge < -0.3 is 5.73 Å². The normalized spacial score (nSPS) is 13.6. The van der Waals surface area contributed by atoms with Crippen LogP contribution in [0.5, 0.6) is 0 Å². The number of nitrogens with two attached hydrogens (primary N) is 1. The maximum atomic E-state index is 6.21. The molecule has 0 aliphatic rings. The number of rotatable bonds is 3. The fraction of sp³-hybridized carbons (Fsp3) is 0.364. The first-order chi connectivity index (χ1) is 8.66. The molecule has 5 nitrogen and oxygen atoms in total. The van der Waals surface area contributed by atoms with Crippen LogP contribution in [0.1, 0.15) is 41.5 Å². The predicted octanol–water partition coefficient (Wildman–Crippen LogP) is 2.42. The number of nitrogens with zero attached hydrogens (tertiary/aromatic N) is 4. The van der Waals surface area contributed by atoms with E-state index in [0.717, 1.165) is 20.7 Å². The number of hydrogen-bond acceptors (Lipinski definition) is 6. The second kappa shape index (κ2) is 4.42. The zero-order valence-corrected chi connectivity index (χ0v) is 11.7. The lowest BCUT2D eigenvalue weighted by Crippen LogP contribution is -2.10. The first kappa shape index (κ1) is 11.8. The molecule has 0 saturated carbocycles. The van der Waals surface area contributed by atoms with Crippen molar-refractivity contribution in [2.75, 3.05) is 0 Å². The molecule has 18 heavy (non-hydrogen) atoms. The van der Waals surface area contributed by atoms with Gasteiger partial charge >= 0.3 is 0 Å². The van der Waals surface area contributed by atoms with E-state index in [9.17, 15) is 0 Å². The standard InChI is InChI=1S/C11H13N5S2/c1-6(2)9-13-14-11-16(9)15-10(18-11)8(12)7-4-3-5-17-7/h3-6,8H,12H2,1-2H3. The third-order valence-electron chi connectivity index (χ3n) is 2.66. The third kappa shape index (κ3) is 1.84. The molecule has 94 valence electrons. The Hall–Kier alpha value is -1.31. The smallest absolute Gasteiger partial charge is 0.234 e. The van der Waals surface area contributed by atoms with Crippen LogP contribution in [0.4, 0.5) is 0 Å². The van der Waals surface area contributed by atoms with Crippen LogP contribution in [-0.2, 0) is 0 Å². The molecule has 0 aliphatic carbocycles. The van der Waals surface area contributed by atoms with E-state index in [1.807, 2.05) is 17.5 Å². The van der Waals surface area contributed by atoms with Gasteiger partial charge in [0.2, 0.25) is 4.96 Å². The molecule has 0 bridgehead atoms. The van der Waals surface area contributed by atoms with Crippen LogP contribution < -0.4 is 5.73 Å². The van der Waals surface area contributed by atoms with Crippen LogP contribution in [0.2, 0.25) is 0 Å². The second-order valence-corrected chi connectivity index (χ2v) is 6.31. The summed E-state index contributed by atoms with van der Waals surface area (Å²) >= 11 is 3.15. The first-order valence-corrected chi connectivity index (χ1v) is 7.37. The molecule has 3 aromatic rings. The maximum absolute atomic E-state index is 6.21. The van der Waals surface area contributed by atoms with Crippen molar-refractivity contribution in [2.45, 2.75) is 25.8 Å². The topological polar surface area (TPSA) is 69.1 Å². The number of fused-ring (bicyclic) bond motifs is 1. The average molecular weight is 279 g/mol. The molecule has 1 atom stereocenters. The van der Waals surface area contributed by atoms with E-state index in [0.29, 0.717) is 5.92 Å². The summed E-state index contributed by atoms with van der Waals surface area (Å²) in [4.78, 5) is 1.92. The van der Waals surface area contributed by atoms with Gasteiger partial charge in [0.05, 0.1) is 6.04 Å². The van der Waals surface area contributed by atoms with E-state index in [-0.39, 0.29) is 6.04 Å². The van der Waals surface area contributed by atoms with Gasteiger partial charge in [-0.3, -0.25) is 0 Å².